The Bertz CT molecular complexity index is 1080. The third-order valence-electron chi connectivity index (χ3n) is 5.07. The number of nitrogens with zero attached hydrogens (tertiary/aromatic N) is 1. The highest BCUT2D eigenvalue weighted by Crippen LogP contribution is 2.29. The van der Waals surface area contributed by atoms with Gasteiger partial charge in [-0.1, -0.05) is 42.3 Å². The van der Waals surface area contributed by atoms with Crippen molar-refractivity contribution in [1.82, 2.24) is 4.98 Å². The summed E-state index contributed by atoms with van der Waals surface area (Å²) in [4.78, 5) is 30.0. The minimum atomic E-state index is -0.483. The molecule has 6 heteroatoms. The van der Waals surface area contributed by atoms with Crippen LogP contribution >= 0.6 is 11.6 Å². The van der Waals surface area contributed by atoms with E-state index in [0.717, 1.165) is 54.3 Å². The summed E-state index contributed by atoms with van der Waals surface area (Å²) in [5.41, 5.74) is 3.81. The first kappa shape index (κ1) is 19.4. The number of amides is 1. The Morgan fingerprint density at radius 2 is 1.86 bits per heavy atom. The number of carbonyl (C=O) groups excluding carboxylic acids is 2. The Kier molecular flexibility index (Phi) is 5.76. The molecule has 5 nitrogen and oxygen atoms in total. The fourth-order valence-corrected chi connectivity index (χ4v) is 3.94. The fraction of sp³-hybridized carbons (Fsp3) is 0.261. The van der Waals surface area contributed by atoms with Crippen molar-refractivity contribution in [3.8, 4) is 0 Å². The van der Waals surface area contributed by atoms with E-state index in [4.69, 9.17) is 21.3 Å². The number of ether oxygens (including phenoxy) is 1. The van der Waals surface area contributed by atoms with E-state index >= 15 is 0 Å². The van der Waals surface area contributed by atoms with Gasteiger partial charge in [0.15, 0.2) is 6.61 Å². The average molecular weight is 409 g/mol. The third-order valence-corrected chi connectivity index (χ3v) is 5.30. The molecule has 1 aromatic heterocycles. The molecule has 0 fully saturated rings. The largest absolute Gasteiger partial charge is 0.452 e. The molecule has 0 saturated carbocycles. The van der Waals surface area contributed by atoms with Crippen molar-refractivity contribution in [2.75, 3.05) is 11.9 Å². The molecule has 1 heterocycles. The molecule has 0 saturated heterocycles. The molecule has 4 rings (SSSR count). The number of aromatic nitrogens is 1. The maximum atomic E-state index is 13.0. The molecule has 0 spiro atoms. The van der Waals surface area contributed by atoms with Crippen LogP contribution in [0.15, 0.2) is 48.5 Å². The van der Waals surface area contributed by atoms with Crippen molar-refractivity contribution in [1.29, 1.82) is 0 Å². The molecule has 148 valence electrons. The summed E-state index contributed by atoms with van der Waals surface area (Å²) in [5, 5.41) is 3.98. The van der Waals surface area contributed by atoms with Gasteiger partial charge in [-0.15, -0.1) is 0 Å². The number of nitrogens with one attached hydrogen (secondary N) is 1. The van der Waals surface area contributed by atoms with Crippen molar-refractivity contribution < 1.29 is 14.3 Å². The third kappa shape index (κ3) is 4.40. The van der Waals surface area contributed by atoms with Crippen LogP contribution < -0.4 is 5.32 Å². The quantitative estimate of drug-likeness (QED) is 0.489. The Labute approximate surface area is 174 Å². The van der Waals surface area contributed by atoms with Crippen LogP contribution in [0.1, 0.15) is 40.9 Å². The first-order chi connectivity index (χ1) is 14.1. The monoisotopic (exact) mass is 408 g/mol. The SMILES string of the molecule is O=C(COC(=O)c1c2c(nc3ccccc13)CCCCC2)Nc1cccc(Cl)c1. The molecule has 1 aliphatic rings. The zero-order valence-corrected chi connectivity index (χ0v) is 16.7. The number of fused-ring (bicyclic) bond motifs is 2. The second kappa shape index (κ2) is 8.62. The van der Waals surface area contributed by atoms with Gasteiger partial charge in [0.1, 0.15) is 0 Å². The summed E-state index contributed by atoms with van der Waals surface area (Å²) < 4.78 is 5.40. The van der Waals surface area contributed by atoms with Crippen LogP contribution in [0.25, 0.3) is 10.9 Å². The number of hydrogen-bond acceptors (Lipinski definition) is 4. The molecule has 0 atom stereocenters. The highest BCUT2D eigenvalue weighted by Gasteiger charge is 2.23. The topological polar surface area (TPSA) is 68.3 Å². The summed E-state index contributed by atoms with van der Waals surface area (Å²) in [6, 6.07) is 14.4. The Morgan fingerprint density at radius 1 is 1.03 bits per heavy atom. The summed E-state index contributed by atoms with van der Waals surface area (Å²) in [6.45, 7) is -0.364. The standard InChI is InChI=1S/C23H21ClN2O3/c24-15-7-6-8-16(13-15)25-21(27)14-29-23(28)22-17-9-2-1-3-11-19(17)26-20-12-5-4-10-18(20)22/h4-8,10,12-13H,1-3,9,11,14H2,(H,25,27). The molecule has 1 N–H and O–H groups in total. The van der Waals surface area contributed by atoms with Gasteiger partial charge < -0.3 is 10.1 Å². The lowest BCUT2D eigenvalue weighted by Gasteiger charge is -2.15. The highest BCUT2D eigenvalue weighted by atomic mass is 35.5. The number of anilines is 1. The lowest BCUT2D eigenvalue weighted by molar-refractivity contribution is -0.119. The minimum Gasteiger partial charge on any atom is -0.452 e. The van der Waals surface area contributed by atoms with Gasteiger partial charge in [-0.05, 0) is 55.5 Å². The maximum absolute atomic E-state index is 13.0. The van der Waals surface area contributed by atoms with Gasteiger partial charge in [-0.2, -0.15) is 0 Å². The van der Waals surface area contributed by atoms with Crippen molar-refractivity contribution in [2.45, 2.75) is 32.1 Å². The van der Waals surface area contributed by atoms with Crippen LogP contribution in [-0.2, 0) is 22.4 Å². The molecule has 0 bridgehead atoms. The van der Waals surface area contributed by atoms with Crippen LogP contribution in [0.5, 0.6) is 0 Å². The van der Waals surface area contributed by atoms with Gasteiger partial charge in [0, 0.05) is 21.8 Å². The molecule has 3 aromatic rings. The van der Waals surface area contributed by atoms with E-state index in [1.165, 1.54) is 0 Å². The number of halogens is 1. The molecule has 0 aliphatic heterocycles. The summed E-state index contributed by atoms with van der Waals surface area (Å²) >= 11 is 5.93. The number of rotatable bonds is 4. The lowest BCUT2D eigenvalue weighted by atomic mass is 9.97. The van der Waals surface area contributed by atoms with Crippen molar-refractivity contribution in [2.24, 2.45) is 0 Å². The Balaban J connectivity index is 1.56. The van der Waals surface area contributed by atoms with Crippen LogP contribution in [0, 0.1) is 0 Å². The van der Waals surface area contributed by atoms with E-state index in [0.29, 0.717) is 16.3 Å². The van der Waals surface area contributed by atoms with Crippen molar-refractivity contribution in [3.05, 3.63) is 70.4 Å². The smallest absolute Gasteiger partial charge is 0.339 e. The Morgan fingerprint density at radius 3 is 2.72 bits per heavy atom. The van der Waals surface area contributed by atoms with Crippen molar-refractivity contribution in [3.63, 3.8) is 0 Å². The van der Waals surface area contributed by atoms with Gasteiger partial charge in [0.25, 0.3) is 5.91 Å². The number of aryl methyl sites for hydroxylation is 1. The average Bonchev–Trinajstić information content (AvgIpc) is 2.95. The predicted molar refractivity (Wildman–Crippen MR) is 113 cm³/mol. The van der Waals surface area contributed by atoms with Crippen molar-refractivity contribution >= 4 is 40.1 Å². The first-order valence-corrected chi connectivity index (χ1v) is 10.1. The molecule has 29 heavy (non-hydrogen) atoms. The number of pyridine rings is 1. The number of hydrogen-bond donors (Lipinski definition) is 1. The normalized spacial score (nSPS) is 13.4. The van der Waals surface area contributed by atoms with E-state index in [1.807, 2.05) is 24.3 Å². The predicted octanol–water partition coefficient (Wildman–Crippen LogP) is 4.95. The molecule has 1 aliphatic carbocycles. The van der Waals surface area contributed by atoms with Crippen LogP contribution in [0.4, 0.5) is 5.69 Å². The van der Waals surface area contributed by atoms with E-state index in [2.05, 4.69) is 5.32 Å². The van der Waals surface area contributed by atoms with E-state index in [-0.39, 0.29) is 6.61 Å². The Hall–Kier alpha value is -2.92. The molecule has 0 unspecified atom stereocenters. The number of carbonyl (C=O) groups is 2. The molecule has 2 aromatic carbocycles. The molecular weight excluding hydrogens is 388 g/mol. The van der Waals surface area contributed by atoms with Crippen LogP contribution in [0.3, 0.4) is 0 Å². The fourth-order valence-electron chi connectivity index (χ4n) is 3.75. The number of benzene rings is 2. The van der Waals surface area contributed by atoms with Gasteiger partial charge >= 0.3 is 5.97 Å². The van der Waals surface area contributed by atoms with E-state index < -0.39 is 11.9 Å². The maximum Gasteiger partial charge on any atom is 0.339 e. The minimum absolute atomic E-state index is 0.364. The van der Waals surface area contributed by atoms with E-state index in [9.17, 15) is 9.59 Å². The summed E-state index contributed by atoms with van der Waals surface area (Å²) in [6.07, 6.45) is 4.85. The second-order valence-electron chi connectivity index (χ2n) is 7.12. The number of esters is 1. The summed E-state index contributed by atoms with van der Waals surface area (Å²) in [5.74, 6) is -0.895. The van der Waals surface area contributed by atoms with Gasteiger partial charge in [0.05, 0.1) is 11.1 Å². The van der Waals surface area contributed by atoms with Gasteiger partial charge in [-0.3, -0.25) is 9.78 Å². The lowest BCUT2D eigenvalue weighted by Crippen LogP contribution is -2.22. The summed E-state index contributed by atoms with van der Waals surface area (Å²) in [7, 11) is 0. The van der Waals surface area contributed by atoms with Gasteiger partial charge in [0.2, 0.25) is 0 Å². The number of para-hydroxylation sites is 1. The zero-order chi connectivity index (χ0) is 20.2. The van der Waals surface area contributed by atoms with Crippen LogP contribution in [0.2, 0.25) is 5.02 Å². The van der Waals surface area contributed by atoms with E-state index in [1.54, 1.807) is 24.3 Å². The second-order valence-corrected chi connectivity index (χ2v) is 7.56. The molecular formula is C23H21ClN2O3. The zero-order valence-electron chi connectivity index (χ0n) is 15.9. The molecule has 0 radical (unpaired) electrons. The van der Waals surface area contributed by atoms with Gasteiger partial charge in [-0.25, -0.2) is 4.79 Å². The highest BCUT2D eigenvalue weighted by molar-refractivity contribution is 6.30. The first-order valence-electron chi connectivity index (χ1n) is 9.75. The van der Waals surface area contributed by atoms with Crippen LogP contribution in [-0.4, -0.2) is 23.5 Å². The molecule has 1 amide bonds.